The second-order valence-electron chi connectivity index (χ2n) is 5.00. The molecule has 0 radical (unpaired) electrons. The van der Waals surface area contributed by atoms with E-state index < -0.39 is 24.5 Å². The standard InChI is InChI=1S/C17H13NO6/c1-23-13-8-4-7-12(14(13)19)17(22)24-9-18-15(20)10-5-2-3-6-11(10)16(18)21/h2-8,19H,9H2,1H3. The third-order valence-electron chi connectivity index (χ3n) is 3.64. The maximum absolute atomic E-state index is 12.2. The maximum atomic E-state index is 12.2. The van der Waals surface area contributed by atoms with Crippen molar-refractivity contribution in [3.05, 3.63) is 59.2 Å². The van der Waals surface area contributed by atoms with Crippen molar-refractivity contribution < 1.29 is 29.0 Å². The van der Waals surface area contributed by atoms with E-state index in [1.54, 1.807) is 12.1 Å². The van der Waals surface area contributed by atoms with Crippen molar-refractivity contribution in [3.8, 4) is 11.5 Å². The highest BCUT2D eigenvalue weighted by molar-refractivity contribution is 6.21. The van der Waals surface area contributed by atoms with Crippen LogP contribution in [0.1, 0.15) is 31.1 Å². The van der Waals surface area contributed by atoms with Gasteiger partial charge in [0.25, 0.3) is 11.8 Å². The molecule has 1 N–H and O–H groups in total. The van der Waals surface area contributed by atoms with Gasteiger partial charge in [-0.25, -0.2) is 9.69 Å². The summed E-state index contributed by atoms with van der Waals surface area (Å²) in [7, 11) is 1.35. The van der Waals surface area contributed by atoms with Crippen LogP contribution in [0.5, 0.6) is 11.5 Å². The largest absolute Gasteiger partial charge is 0.504 e. The number of fused-ring (bicyclic) bond motifs is 1. The number of benzene rings is 2. The molecule has 2 aromatic carbocycles. The number of amides is 2. The molecule has 0 bridgehead atoms. The SMILES string of the molecule is COc1cccc(C(=O)OCN2C(=O)c3ccccc3C2=O)c1O. The van der Waals surface area contributed by atoms with E-state index in [4.69, 9.17) is 9.47 Å². The number of nitrogens with zero attached hydrogens (tertiary/aromatic N) is 1. The molecule has 1 aliphatic rings. The van der Waals surface area contributed by atoms with Crippen molar-refractivity contribution in [2.45, 2.75) is 0 Å². The summed E-state index contributed by atoms with van der Waals surface area (Å²) in [6.07, 6.45) is 0. The number of carbonyl (C=O) groups is 3. The number of hydrogen-bond donors (Lipinski definition) is 1. The minimum Gasteiger partial charge on any atom is -0.504 e. The second-order valence-corrected chi connectivity index (χ2v) is 5.00. The van der Waals surface area contributed by atoms with Crippen molar-refractivity contribution in [2.24, 2.45) is 0 Å². The number of carbonyl (C=O) groups excluding carboxylic acids is 3. The maximum Gasteiger partial charge on any atom is 0.343 e. The van der Waals surface area contributed by atoms with Gasteiger partial charge < -0.3 is 14.6 Å². The lowest BCUT2D eigenvalue weighted by atomic mass is 10.1. The number of rotatable bonds is 4. The highest BCUT2D eigenvalue weighted by atomic mass is 16.5. The Kier molecular flexibility index (Phi) is 3.91. The lowest BCUT2D eigenvalue weighted by molar-refractivity contribution is 0.0226. The van der Waals surface area contributed by atoms with Crippen LogP contribution in [0.3, 0.4) is 0 Å². The Bertz CT molecular complexity index is 810. The second kappa shape index (κ2) is 6.04. The molecule has 0 atom stereocenters. The predicted molar refractivity (Wildman–Crippen MR) is 81.9 cm³/mol. The van der Waals surface area contributed by atoms with Gasteiger partial charge in [-0.15, -0.1) is 0 Å². The summed E-state index contributed by atoms with van der Waals surface area (Å²) in [6.45, 7) is -0.540. The van der Waals surface area contributed by atoms with Crippen LogP contribution in [-0.4, -0.2) is 41.6 Å². The zero-order valence-electron chi connectivity index (χ0n) is 12.7. The molecule has 3 rings (SSSR count). The van der Waals surface area contributed by atoms with Crippen molar-refractivity contribution in [1.82, 2.24) is 4.90 Å². The van der Waals surface area contributed by atoms with Crippen LogP contribution in [0.25, 0.3) is 0 Å². The number of hydrogen-bond acceptors (Lipinski definition) is 6. The third kappa shape index (κ3) is 2.45. The van der Waals surface area contributed by atoms with Crippen LogP contribution in [-0.2, 0) is 4.74 Å². The van der Waals surface area contributed by atoms with Crippen LogP contribution < -0.4 is 4.74 Å². The molecule has 7 nitrogen and oxygen atoms in total. The van der Waals surface area contributed by atoms with E-state index in [0.717, 1.165) is 4.90 Å². The van der Waals surface area contributed by atoms with Gasteiger partial charge in [0.15, 0.2) is 18.2 Å². The van der Waals surface area contributed by atoms with E-state index in [0.29, 0.717) is 0 Å². The molecule has 1 aliphatic heterocycles. The van der Waals surface area contributed by atoms with E-state index in [2.05, 4.69) is 0 Å². The third-order valence-corrected chi connectivity index (χ3v) is 3.64. The summed E-state index contributed by atoms with van der Waals surface area (Å²) in [5, 5.41) is 9.92. The average Bonchev–Trinajstić information content (AvgIpc) is 2.84. The monoisotopic (exact) mass is 327 g/mol. The number of imide groups is 1. The Morgan fingerprint density at radius 3 is 2.25 bits per heavy atom. The first kappa shape index (κ1) is 15.5. The fourth-order valence-corrected chi connectivity index (χ4v) is 2.41. The molecule has 7 heteroatoms. The van der Waals surface area contributed by atoms with Gasteiger partial charge in [-0.2, -0.15) is 0 Å². The summed E-state index contributed by atoms with van der Waals surface area (Å²) >= 11 is 0. The summed E-state index contributed by atoms with van der Waals surface area (Å²) in [5.41, 5.74) is 0.413. The summed E-state index contributed by atoms with van der Waals surface area (Å²) < 4.78 is 9.91. The van der Waals surface area contributed by atoms with E-state index in [-0.39, 0.29) is 28.2 Å². The molecule has 0 saturated carbocycles. The van der Waals surface area contributed by atoms with Gasteiger partial charge in [-0.05, 0) is 24.3 Å². The molecule has 0 spiro atoms. The fourth-order valence-electron chi connectivity index (χ4n) is 2.41. The molecule has 24 heavy (non-hydrogen) atoms. The first-order valence-corrected chi connectivity index (χ1v) is 7.03. The van der Waals surface area contributed by atoms with Gasteiger partial charge in [-0.1, -0.05) is 18.2 Å². The fraction of sp³-hybridized carbons (Fsp3) is 0.118. The lowest BCUT2D eigenvalue weighted by Crippen LogP contribution is -2.33. The molecule has 0 unspecified atom stereocenters. The number of esters is 1. The van der Waals surface area contributed by atoms with Crippen molar-refractivity contribution in [1.29, 1.82) is 0 Å². The summed E-state index contributed by atoms with van der Waals surface area (Å²) in [4.78, 5) is 37.3. The molecule has 0 aromatic heterocycles. The zero-order chi connectivity index (χ0) is 17.3. The lowest BCUT2D eigenvalue weighted by Gasteiger charge is -2.14. The molecular weight excluding hydrogens is 314 g/mol. The van der Waals surface area contributed by atoms with Gasteiger partial charge in [0.2, 0.25) is 0 Å². The van der Waals surface area contributed by atoms with Crippen LogP contribution in [0.2, 0.25) is 0 Å². The predicted octanol–water partition coefficient (Wildman–Crippen LogP) is 1.81. The normalized spacial score (nSPS) is 13.0. The quantitative estimate of drug-likeness (QED) is 0.680. The average molecular weight is 327 g/mol. The van der Waals surface area contributed by atoms with E-state index >= 15 is 0 Å². The van der Waals surface area contributed by atoms with E-state index in [1.807, 2.05) is 0 Å². The minimum atomic E-state index is -0.872. The molecule has 0 fully saturated rings. The number of ether oxygens (including phenoxy) is 2. The number of methoxy groups -OCH3 is 1. The molecular formula is C17H13NO6. The number of aromatic hydroxyl groups is 1. The molecule has 122 valence electrons. The van der Waals surface area contributed by atoms with Crippen molar-refractivity contribution >= 4 is 17.8 Å². The molecule has 1 heterocycles. The van der Waals surface area contributed by atoms with Gasteiger partial charge in [0, 0.05) is 0 Å². The first-order valence-electron chi connectivity index (χ1n) is 7.03. The Balaban J connectivity index is 1.74. The van der Waals surface area contributed by atoms with Gasteiger partial charge in [-0.3, -0.25) is 9.59 Å². The molecule has 2 aromatic rings. The van der Waals surface area contributed by atoms with Crippen LogP contribution >= 0.6 is 0 Å². The van der Waals surface area contributed by atoms with Gasteiger partial charge in [0.05, 0.1) is 18.2 Å². The van der Waals surface area contributed by atoms with Crippen LogP contribution in [0.4, 0.5) is 0 Å². The summed E-state index contributed by atoms with van der Waals surface area (Å²) in [6, 6.07) is 10.7. The Labute approximate surface area is 137 Å². The van der Waals surface area contributed by atoms with Crippen molar-refractivity contribution in [3.63, 3.8) is 0 Å². The van der Waals surface area contributed by atoms with Crippen LogP contribution in [0.15, 0.2) is 42.5 Å². The smallest absolute Gasteiger partial charge is 0.343 e. The molecule has 2 amide bonds. The zero-order valence-corrected chi connectivity index (χ0v) is 12.7. The van der Waals surface area contributed by atoms with E-state index in [9.17, 15) is 19.5 Å². The molecule has 0 aliphatic carbocycles. The summed E-state index contributed by atoms with van der Waals surface area (Å²) in [5.74, 6) is -2.18. The van der Waals surface area contributed by atoms with E-state index in [1.165, 1.54) is 37.4 Å². The van der Waals surface area contributed by atoms with Gasteiger partial charge in [0.1, 0.15) is 5.56 Å². The minimum absolute atomic E-state index is 0.116. The highest BCUT2D eigenvalue weighted by Crippen LogP contribution is 2.30. The number of phenols is 1. The Morgan fingerprint density at radius 1 is 1.04 bits per heavy atom. The van der Waals surface area contributed by atoms with Gasteiger partial charge >= 0.3 is 5.97 Å². The number of para-hydroxylation sites is 1. The topological polar surface area (TPSA) is 93.1 Å². The van der Waals surface area contributed by atoms with Crippen LogP contribution in [0, 0.1) is 0 Å². The molecule has 0 saturated heterocycles. The Hall–Kier alpha value is -3.35. The van der Waals surface area contributed by atoms with Crippen molar-refractivity contribution in [2.75, 3.05) is 13.8 Å². The Morgan fingerprint density at radius 2 is 1.67 bits per heavy atom. The first-order chi connectivity index (χ1) is 11.5. The number of phenolic OH excluding ortho intramolecular Hbond substituents is 1. The highest BCUT2D eigenvalue weighted by Gasteiger charge is 2.36.